The molecule has 0 fully saturated rings. The second-order valence-corrected chi connectivity index (χ2v) is 4.69. The van der Waals surface area contributed by atoms with Gasteiger partial charge in [-0.25, -0.2) is 18.7 Å². The molecule has 0 aliphatic carbocycles. The van der Waals surface area contributed by atoms with Gasteiger partial charge in [0.15, 0.2) is 11.6 Å². The van der Waals surface area contributed by atoms with Crippen molar-refractivity contribution in [3.63, 3.8) is 0 Å². The van der Waals surface area contributed by atoms with Crippen LogP contribution in [0, 0.1) is 18.6 Å². The lowest BCUT2D eigenvalue weighted by Gasteiger charge is -2.14. The number of halogens is 2. The van der Waals surface area contributed by atoms with Crippen LogP contribution in [0.1, 0.15) is 24.7 Å². The fourth-order valence-electron chi connectivity index (χ4n) is 1.99. The lowest BCUT2D eigenvalue weighted by Crippen LogP contribution is -2.08. The standard InChI is InChI=1S/C15H18F2N4/c1-4-6-12-20-14(18-3)9(2)15(21-12)19-11-8-5-7-10(16)13(11)17/h5,7-8H,4,6H2,1-3H3,(H2,18,19,20,21). The van der Waals surface area contributed by atoms with E-state index in [0.29, 0.717) is 17.5 Å². The van der Waals surface area contributed by atoms with E-state index in [1.807, 2.05) is 13.8 Å². The molecule has 2 aromatic rings. The highest BCUT2D eigenvalue weighted by atomic mass is 19.2. The molecule has 0 bridgehead atoms. The molecule has 1 heterocycles. The smallest absolute Gasteiger partial charge is 0.182 e. The number of rotatable bonds is 5. The first-order chi connectivity index (χ1) is 10.1. The molecule has 2 rings (SSSR count). The van der Waals surface area contributed by atoms with Crippen LogP contribution in [0.25, 0.3) is 0 Å². The number of hydrogen-bond acceptors (Lipinski definition) is 4. The summed E-state index contributed by atoms with van der Waals surface area (Å²) in [5.74, 6) is -0.00489. The van der Waals surface area contributed by atoms with Crippen LogP contribution in [0.4, 0.5) is 26.1 Å². The first-order valence-electron chi connectivity index (χ1n) is 6.83. The Balaban J connectivity index is 2.42. The molecule has 1 aromatic heterocycles. The lowest BCUT2D eigenvalue weighted by molar-refractivity contribution is 0.511. The Hall–Kier alpha value is -2.24. The van der Waals surface area contributed by atoms with Gasteiger partial charge in [-0.1, -0.05) is 13.0 Å². The molecule has 0 spiro atoms. The van der Waals surface area contributed by atoms with Gasteiger partial charge in [0.05, 0.1) is 5.69 Å². The zero-order valence-electron chi connectivity index (χ0n) is 12.3. The van der Waals surface area contributed by atoms with Gasteiger partial charge in [-0.05, 0) is 25.5 Å². The molecule has 112 valence electrons. The average molecular weight is 292 g/mol. The van der Waals surface area contributed by atoms with Crippen LogP contribution in [-0.2, 0) is 6.42 Å². The largest absolute Gasteiger partial charge is 0.373 e. The average Bonchev–Trinajstić information content (AvgIpc) is 2.47. The summed E-state index contributed by atoms with van der Waals surface area (Å²) in [4.78, 5) is 8.78. The minimum absolute atomic E-state index is 0.0568. The fraction of sp³-hybridized carbons (Fsp3) is 0.333. The molecule has 0 amide bonds. The third-order valence-corrected chi connectivity index (χ3v) is 3.11. The molecular weight excluding hydrogens is 274 g/mol. The molecule has 6 heteroatoms. The highest BCUT2D eigenvalue weighted by molar-refractivity contribution is 5.65. The number of nitrogens with one attached hydrogen (secondary N) is 2. The highest BCUT2D eigenvalue weighted by Crippen LogP contribution is 2.26. The van der Waals surface area contributed by atoms with Crippen molar-refractivity contribution in [1.29, 1.82) is 0 Å². The second kappa shape index (κ2) is 6.47. The number of nitrogens with zero attached hydrogens (tertiary/aromatic N) is 2. The molecule has 0 saturated heterocycles. The topological polar surface area (TPSA) is 49.8 Å². The third-order valence-electron chi connectivity index (χ3n) is 3.11. The Kier molecular flexibility index (Phi) is 4.67. The minimum Gasteiger partial charge on any atom is -0.373 e. The van der Waals surface area contributed by atoms with Gasteiger partial charge in [0.2, 0.25) is 0 Å². The molecule has 0 radical (unpaired) electrons. The van der Waals surface area contributed by atoms with Gasteiger partial charge in [0, 0.05) is 19.0 Å². The summed E-state index contributed by atoms with van der Waals surface area (Å²) in [6, 6.07) is 4.00. The van der Waals surface area contributed by atoms with E-state index < -0.39 is 11.6 Å². The Labute approximate surface area is 122 Å². The van der Waals surface area contributed by atoms with E-state index in [0.717, 1.165) is 24.5 Å². The normalized spacial score (nSPS) is 10.5. The van der Waals surface area contributed by atoms with Crippen molar-refractivity contribution in [3.8, 4) is 0 Å². The summed E-state index contributed by atoms with van der Waals surface area (Å²) in [5.41, 5.74) is 0.808. The van der Waals surface area contributed by atoms with Crippen molar-refractivity contribution in [3.05, 3.63) is 41.2 Å². The van der Waals surface area contributed by atoms with E-state index >= 15 is 0 Å². The zero-order valence-corrected chi connectivity index (χ0v) is 12.3. The van der Waals surface area contributed by atoms with Crippen molar-refractivity contribution >= 4 is 17.3 Å². The molecule has 0 unspecified atom stereocenters. The van der Waals surface area contributed by atoms with Gasteiger partial charge < -0.3 is 10.6 Å². The molecule has 0 aliphatic rings. The maximum atomic E-state index is 13.8. The molecule has 0 saturated carbocycles. The number of benzene rings is 1. The summed E-state index contributed by atoms with van der Waals surface area (Å²) < 4.78 is 27.0. The monoisotopic (exact) mass is 292 g/mol. The maximum absolute atomic E-state index is 13.8. The van der Waals surface area contributed by atoms with Crippen molar-refractivity contribution in [2.24, 2.45) is 0 Å². The van der Waals surface area contributed by atoms with Gasteiger partial charge >= 0.3 is 0 Å². The van der Waals surface area contributed by atoms with E-state index in [1.54, 1.807) is 7.05 Å². The van der Waals surface area contributed by atoms with Crippen LogP contribution in [0.5, 0.6) is 0 Å². The van der Waals surface area contributed by atoms with Crippen LogP contribution in [0.15, 0.2) is 18.2 Å². The summed E-state index contributed by atoms with van der Waals surface area (Å²) in [5, 5.41) is 5.84. The summed E-state index contributed by atoms with van der Waals surface area (Å²) >= 11 is 0. The third kappa shape index (κ3) is 3.26. The number of anilines is 3. The first kappa shape index (κ1) is 15.2. The molecular formula is C15H18F2N4. The molecule has 2 N–H and O–H groups in total. The van der Waals surface area contributed by atoms with E-state index in [4.69, 9.17) is 0 Å². The van der Waals surface area contributed by atoms with Gasteiger partial charge in [-0.15, -0.1) is 0 Å². The van der Waals surface area contributed by atoms with Gasteiger partial charge in [-0.3, -0.25) is 0 Å². The van der Waals surface area contributed by atoms with Crippen molar-refractivity contribution in [1.82, 2.24) is 9.97 Å². The number of aryl methyl sites for hydroxylation is 1. The molecule has 4 nitrogen and oxygen atoms in total. The molecule has 0 atom stereocenters. The summed E-state index contributed by atoms with van der Waals surface area (Å²) in [7, 11) is 1.76. The molecule has 21 heavy (non-hydrogen) atoms. The summed E-state index contributed by atoms with van der Waals surface area (Å²) in [6.45, 7) is 3.85. The van der Waals surface area contributed by atoms with Gasteiger partial charge in [-0.2, -0.15) is 0 Å². The van der Waals surface area contributed by atoms with Crippen molar-refractivity contribution in [2.75, 3.05) is 17.7 Å². The minimum atomic E-state index is -0.918. The number of aromatic nitrogens is 2. The molecule has 1 aromatic carbocycles. The second-order valence-electron chi connectivity index (χ2n) is 4.69. The van der Waals surface area contributed by atoms with Gasteiger partial charge in [0.25, 0.3) is 0 Å². The first-order valence-corrected chi connectivity index (χ1v) is 6.83. The van der Waals surface area contributed by atoms with E-state index in [9.17, 15) is 8.78 Å². The Bertz CT molecular complexity index is 644. The lowest BCUT2D eigenvalue weighted by atomic mass is 10.2. The van der Waals surface area contributed by atoms with Crippen LogP contribution in [0.2, 0.25) is 0 Å². The van der Waals surface area contributed by atoms with E-state index in [2.05, 4.69) is 20.6 Å². The van der Waals surface area contributed by atoms with Crippen LogP contribution in [0.3, 0.4) is 0 Å². The van der Waals surface area contributed by atoms with E-state index in [1.165, 1.54) is 12.1 Å². The predicted molar refractivity (Wildman–Crippen MR) is 80.0 cm³/mol. The Morgan fingerprint density at radius 1 is 1.14 bits per heavy atom. The van der Waals surface area contributed by atoms with Crippen molar-refractivity contribution in [2.45, 2.75) is 26.7 Å². The quantitative estimate of drug-likeness (QED) is 0.880. The molecule has 0 aliphatic heterocycles. The highest BCUT2D eigenvalue weighted by Gasteiger charge is 2.13. The Morgan fingerprint density at radius 2 is 1.86 bits per heavy atom. The number of hydrogen-bond donors (Lipinski definition) is 2. The van der Waals surface area contributed by atoms with Crippen LogP contribution in [-0.4, -0.2) is 17.0 Å². The van der Waals surface area contributed by atoms with E-state index in [-0.39, 0.29) is 5.69 Å². The fourth-order valence-corrected chi connectivity index (χ4v) is 1.99. The maximum Gasteiger partial charge on any atom is 0.182 e. The zero-order chi connectivity index (χ0) is 15.4. The van der Waals surface area contributed by atoms with Crippen LogP contribution < -0.4 is 10.6 Å². The summed E-state index contributed by atoms with van der Waals surface area (Å²) in [6.07, 6.45) is 1.62. The Morgan fingerprint density at radius 3 is 2.52 bits per heavy atom. The van der Waals surface area contributed by atoms with Crippen molar-refractivity contribution < 1.29 is 8.78 Å². The predicted octanol–water partition coefficient (Wildman–Crippen LogP) is 3.80. The van der Waals surface area contributed by atoms with Crippen LogP contribution >= 0.6 is 0 Å². The SMILES string of the molecule is CCCc1nc(NC)c(C)c(Nc2cccc(F)c2F)n1. The van der Waals surface area contributed by atoms with Gasteiger partial charge in [0.1, 0.15) is 17.5 Å².